The van der Waals surface area contributed by atoms with Crippen molar-refractivity contribution < 1.29 is 9.47 Å². The summed E-state index contributed by atoms with van der Waals surface area (Å²) in [6, 6.07) is 4.24. The molecule has 0 saturated heterocycles. The van der Waals surface area contributed by atoms with Crippen molar-refractivity contribution >= 4 is 10.9 Å². The highest BCUT2D eigenvalue weighted by molar-refractivity contribution is 5.90. The lowest BCUT2D eigenvalue weighted by molar-refractivity contribution is 0.392. The van der Waals surface area contributed by atoms with E-state index in [9.17, 15) is 0 Å². The average molecular weight is 315 g/mol. The smallest absolute Gasteiger partial charge is 0.174 e. The third kappa shape index (κ3) is 2.74. The van der Waals surface area contributed by atoms with Crippen molar-refractivity contribution in [2.75, 3.05) is 14.2 Å². The molecule has 0 spiro atoms. The summed E-state index contributed by atoms with van der Waals surface area (Å²) in [7, 11) is 3.38. The second-order valence-corrected chi connectivity index (χ2v) is 5.54. The van der Waals surface area contributed by atoms with Gasteiger partial charge in [-0.3, -0.25) is 0 Å². The number of aromatic nitrogens is 5. The Bertz CT molecular complexity index is 808. The van der Waals surface area contributed by atoms with Gasteiger partial charge in [-0.2, -0.15) is 5.21 Å². The monoisotopic (exact) mass is 315 g/mol. The Labute approximate surface area is 134 Å². The molecule has 122 valence electrons. The van der Waals surface area contributed by atoms with Gasteiger partial charge in [0, 0.05) is 35.7 Å². The Morgan fingerprint density at radius 2 is 2.00 bits per heavy atom. The number of fused-ring (bicyclic) bond motifs is 1. The van der Waals surface area contributed by atoms with E-state index in [1.165, 1.54) is 5.69 Å². The zero-order chi connectivity index (χ0) is 16.4. The van der Waals surface area contributed by atoms with E-state index in [0.29, 0.717) is 0 Å². The van der Waals surface area contributed by atoms with Gasteiger partial charge in [0.05, 0.1) is 19.7 Å². The van der Waals surface area contributed by atoms with Crippen LogP contribution in [0.1, 0.15) is 23.5 Å². The maximum atomic E-state index is 5.61. The minimum Gasteiger partial charge on any atom is -0.496 e. The number of nitrogens with zero attached hydrogens (tertiary/aromatic N) is 4. The van der Waals surface area contributed by atoms with E-state index in [0.717, 1.165) is 53.2 Å². The summed E-state index contributed by atoms with van der Waals surface area (Å²) in [4.78, 5) is 0. The van der Waals surface area contributed by atoms with Crippen LogP contribution in [0.4, 0.5) is 0 Å². The molecule has 0 radical (unpaired) electrons. The van der Waals surface area contributed by atoms with Crippen LogP contribution in [0.2, 0.25) is 0 Å². The van der Waals surface area contributed by atoms with Crippen LogP contribution in [-0.4, -0.2) is 39.4 Å². The van der Waals surface area contributed by atoms with E-state index in [1.54, 1.807) is 14.2 Å². The first-order valence-electron chi connectivity index (χ1n) is 7.59. The standard InChI is InChI=1S/C16H21N5O2/c1-10-8-12-13(9-14(22-3)11(2)16(12)23-4)21(10)7-5-6-15-17-19-20-18-15/h8-9H,5-7H2,1-4H3,(H,17,18,19,20). The number of H-pyrrole nitrogens is 1. The molecular weight excluding hydrogens is 294 g/mol. The number of benzene rings is 1. The topological polar surface area (TPSA) is 77.9 Å². The number of ether oxygens (including phenoxy) is 2. The van der Waals surface area contributed by atoms with Crippen LogP contribution < -0.4 is 9.47 Å². The first-order valence-corrected chi connectivity index (χ1v) is 7.59. The van der Waals surface area contributed by atoms with Crippen LogP contribution >= 0.6 is 0 Å². The largest absolute Gasteiger partial charge is 0.496 e. The molecule has 0 bridgehead atoms. The minimum atomic E-state index is 0.741. The fourth-order valence-corrected chi connectivity index (χ4v) is 3.04. The zero-order valence-electron chi connectivity index (χ0n) is 13.9. The molecule has 3 aromatic rings. The van der Waals surface area contributed by atoms with Gasteiger partial charge >= 0.3 is 0 Å². The molecule has 0 fully saturated rings. The van der Waals surface area contributed by atoms with Crippen LogP contribution in [0.25, 0.3) is 10.9 Å². The first-order chi connectivity index (χ1) is 11.2. The Morgan fingerprint density at radius 1 is 1.17 bits per heavy atom. The van der Waals surface area contributed by atoms with E-state index < -0.39 is 0 Å². The maximum Gasteiger partial charge on any atom is 0.174 e. The number of aromatic amines is 1. The predicted octanol–water partition coefficient (Wildman–Crippen LogP) is 2.42. The van der Waals surface area contributed by atoms with E-state index >= 15 is 0 Å². The van der Waals surface area contributed by atoms with E-state index in [4.69, 9.17) is 9.47 Å². The van der Waals surface area contributed by atoms with Gasteiger partial charge in [0.25, 0.3) is 0 Å². The normalized spacial score (nSPS) is 11.1. The third-order valence-corrected chi connectivity index (χ3v) is 4.16. The second kappa shape index (κ2) is 6.28. The molecule has 0 aliphatic rings. The van der Waals surface area contributed by atoms with Crippen LogP contribution in [0.3, 0.4) is 0 Å². The molecule has 0 atom stereocenters. The molecule has 7 nitrogen and oxygen atoms in total. The molecule has 0 unspecified atom stereocenters. The predicted molar refractivity (Wildman–Crippen MR) is 87.0 cm³/mol. The highest BCUT2D eigenvalue weighted by Gasteiger charge is 2.16. The lowest BCUT2D eigenvalue weighted by Gasteiger charge is -2.13. The van der Waals surface area contributed by atoms with Crippen molar-refractivity contribution in [3.8, 4) is 11.5 Å². The maximum absolute atomic E-state index is 5.61. The van der Waals surface area contributed by atoms with E-state index in [2.05, 4.69) is 44.2 Å². The summed E-state index contributed by atoms with van der Waals surface area (Å²) in [6.07, 6.45) is 1.72. The van der Waals surface area contributed by atoms with Gasteiger partial charge in [0.15, 0.2) is 5.82 Å². The van der Waals surface area contributed by atoms with Crippen molar-refractivity contribution in [2.45, 2.75) is 33.2 Å². The van der Waals surface area contributed by atoms with Gasteiger partial charge in [-0.05, 0) is 26.3 Å². The first kappa shape index (κ1) is 15.3. The number of methoxy groups -OCH3 is 2. The SMILES string of the molecule is COc1cc2c(cc(C)n2CCCc2nn[nH]n2)c(OC)c1C. The molecule has 2 heterocycles. The quantitative estimate of drug-likeness (QED) is 0.756. The molecule has 1 N–H and O–H groups in total. The van der Waals surface area contributed by atoms with E-state index in [-0.39, 0.29) is 0 Å². The Morgan fingerprint density at radius 3 is 2.65 bits per heavy atom. The van der Waals surface area contributed by atoms with Gasteiger partial charge in [0.1, 0.15) is 11.5 Å². The molecule has 7 heteroatoms. The summed E-state index contributed by atoms with van der Waals surface area (Å²) >= 11 is 0. The lowest BCUT2D eigenvalue weighted by atomic mass is 10.1. The molecule has 0 aliphatic heterocycles. The third-order valence-electron chi connectivity index (χ3n) is 4.16. The fraction of sp³-hybridized carbons (Fsp3) is 0.438. The Kier molecular flexibility index (Phi) is 4.18. The highest BCUT2D eigenvalue weighted by Crippen LogP contribution is 2.38. The van der Waals surface area contributed by atoms with Crippen LogP contribution in [0, 0.1) is 13.8 Å². The van der Waals surface area contributed by atoms with Crippen LogP contribution in [-0.2, 0) is 13.0 Å². The number of hydrogen-bond donors (Lipinski definition) is 1. The van der Waals surface area contributed by atoms with Crippen molar-refractivity contribution in [3.63, 3.8) is 0 Å². The van der Waals surface area contributed by atoms with Crippen LogP contribution in [0.5, 0.6) is 11.5 Å². The molecular formula is C16H21N5O2. The van der Waals surface area contributed by atoms with Crippen molar-refractivity contribution in [1.29, 1.82) is 0 Å². The second-order valence-electron chi connectivity index (χ2n) is 5.54. The molecule has 0 saturated carbocycles. The molecule has 23 heavy (non-hydrogen) atoms. The van der Waals surface area contributed by atoms with Crippen molar-refractivity contribution in [2.24, 2.45) is 0 Å². The highest BCUT2D eigenvalue weighted by atomic mass is 16.5. The van der Waals surface area contributed by atoms with Gasteiger partial charge in [-0.15, -0.1) is 10.2 Å². The molecule has 0 aliphatic carbocycles. The summed E-state index contributed by atoms with van der Waals surface area (Å²) in [5.41, 5.74) is 3.33. The Balaban J connectivity index is 1.94. The number of tetrazole rings is 1. The lowest BCUT2D eigenvalue weighted by Crippen LogP contribution is -2.03. The van der Waals surface area contributed by atoms with Crippen LogP contribution in [0.15, 0.2) is 12.1 Å². The van der Waals surface area contributed by atoms with E-state index in [1.807, 2.05) is 6.92 Å². The Hall–Kier alpha value is -2.57. The minimum absolute atomic E-state index is 0.741. The van der Waals surface area contributed by atoms with Gasteiger partial charge in [-0.1, -0.05) is 5.21 Å². The average Bonchev–Trinajstić information content (AvgIpc) is 3.15. The summed E-state index contributed by atoms with van der Waals surface area (Å²) in [5.74, 6) is 2.45. The number of aryl methyl sites for hydroxylation is 3. The number of hydrogen-bond acceptors (Lipinski definition) is 5. The fourth-order valence-electron chi connectivity index (χ4n) is 3.04. The van der Waals surface area contributed by atoms with Gasteiger partial charge in [0.2, 0.25) is 0 Å². The molecule has 2 aromatic heterocycles. The number of rotatable bonds is 6. The molecule has 3 rings (SSSR count). The van der Waals surface area contributed by atoms with Gasteiger partial charge < -0.3 is 14.0 Å². The van der Waals surface area contributed by atoms with Gasteiger partial charge in [-0.25, -0.2) is 0 Å². The summed E-state index contributed by atoms with van der Waals surface area (Å²) < 4.78 is 13.4. The summed E-state index contributed by atoms with van der Waals surface area (Å²) in [5, 5.41) is 15.2. The molecule has 1 aromatic carbocycles. The number of nitrogens with one attached hydrogen (secondary N) is 1. The summed E-state index contributed by atoms with van der Waals surface area (Å²) in [6.45, 7) is 4.99. The van der Waals surface area contributed by atoms with Crippen molar-refractivity contribution in [3.05, 3.63) is 29.2 Å². The van der Waals surface area contributed by atoms with Crippen molar-refractivity contribution in [1.82, 2.24) is 25.2 Å². The molecule has 0 amide bonds. The zero-order valence-corrected chi connectivity index (χ0v) is 13.9.